The molecule has 1 N–H and O–H groups in total. The second kappa shape index (κ2) is 10.1. The summed E-state index contributed by atoms with van der Waals surface area (Å²) in [4.78, 5) is 27.5. The van der Waals surface area contributed by atoms with Gasteiger partial charge >= 0.3 is 0 Å². The van der Waals surface area contributed by atoms with Crippen molar-refractivity contribution in [1.29, 1.82) is 0 Å². The minimum Gasteiger partial charge on any atom is -0.497 e. The van der Waals surface area contributed by atoms with Crippen LogP contribution in [0.5, 0.6) is 5.75 Å². The Hall–Kier alpha value is -2.91. The molecular weight excluding hydrogens is 454 g/mol. The van der Waals surface area contributed by atoms with Gasteiger partial charge in [-0.2, -0.15) is 0 Å². The molecule has 182 valence electrons. The van der Waals surface area contributed by atoms with Crippen molar-refractivity contribution < 1.29 is 22.7 Å². The van der Waals surface area contributed by atoms with Crippen molar-refractivity contribution in [2.75, 3.05) is 36.8 Å². The van der Waals surface area contributed by atoms with E-state index < -0.39 is 15.9 Å². The lowest BCUT2D eigenvalue weighted by Gasteiger charge is -2.37. The van der Waals surface area contributed by atoms with Crippen molar-refractivity contribution >= 4 is 27.5 Å². The Bertz CT molecular complexity index is 1140. The van der Waals surface area contributed by atoms with E-state index in [9.17, 15) is 18.0 Å². The van der Waals surface area contributed by atoms with Gasteiger partial charge in [0.25, 0.3) is 5.91 Å². The third kappa shape index (κ3) is 5.26. The number of nitrogens with one attached hydrogen (secondary N) is 1. The van der Waals surface area contributed by atoms with E-state index in [0.29, 0.717) is 18.0 Å². The Labute approximate surface area is 200 Å². The van der Waals surface area contributed by atoms with Crippen LogP contribution in [0.25, 0.3) is 0 Å². The predicted octanol–water partition coefficient (Wildman–Crippen LogP) is 2.96. The van der Waals surface area contributed by atoms with E-state index >= 15 is 0 Å². The molecule has 4 rings (SSSR count). The van der Waals surface area contributed by atoms with Crippen LogP contribution in [-0.4, -0.2) is 57.6 Å². The average Bonchev–Trinajstić information content (AvgIpc) is 3.12. The Morgan fingerprint density at radius 2 is 1.85 bits per heavy atom. The number of carbonyl (C=O) groups excluding carboxylic acids is 2. The molecule has 9 heteroatoms. The summed E-state index contributed by atoms with van der Waals surface area (Å²) in [5, 5.41) is 3.02. The van der Waals surface area contributed by atoms with Crippen molar-refractivity contribution in [2.24, 2.45) is 5.92 Å². The predicted molar refractivity (Wildman–Crippen MR) is 130 cm³/mol. The van der Waals surface area contributed by atoms with Crippen molar-refractivity contribution in [3.05, 3.63) is 59.7 Å². The summed E-state index contributed by atoms with van der Waals surface area (Å²) in [6.07, 6.45) is 2.18. The van der Waals surface area contributed by atoms with Gasteiger partial charge in [0, 0.05) is 18.5 Å². The van der Waals surface area contributed by atoms with Crippen LogP contribution in [-0.2, 0) is 14.8 Å². The number of anilines is 1. The van der Waals surface area contributed by atoms with E-state index in [1.54, 1.807) is 19.2 Å². The lowest BCUT2D eigenvalue weighted by Crippen LogP contribution is -2.42. The normalized spacial score (nSPS) is 19.7. The van der Waals surface area contributed by atoms with Crippen LogP contribution >= 0.6 is 0 Å². The van der Waals surface area contributed by atoms with Crippen LogP contribution in [0.15, 0.2) is 48.5 Å². The van der Waals surface area contributed by atoms with Gasteiger partial charge in [0.1, 0.15) is 5.75 Å². The first-order chi connectivity index (χ1) is 16.3. The summed E-state index contributed by atoms with van der Waals surface area (Å²) >= 11 is 0. The maximum atomic E-state index is 13.0. The Balaban J connectivity index is 1.51. The number of methoxy groups -OCH3 is 1. The molecule has 2 aliphatic heterocycles. The van der Waals surface area contributed by atoms with Crippen molar-refractivity contribution in [3.63, 3.8) is 0 Å². The molecular formula is C25H31N3O5S. The van der Waals surface area contributed by atoms with Gasteiger partial charge < -0.3 is 10.1 Å². The van der Waals surface area contributed by atoms with Crippen LogP contribution in [0.2, 0.25) is 0 Å². The maximum Gasteiger partial charge on any atom is 0.251 e. The summed E-state index contributed by atoms with van der Waals surface area (Å²) in [5.41, 5.74) is 1.61. The number of carbonyl (C=O) groups is 2. The number of piperidine rings is 1. The van der Waals surface area contributed by atoms with Gasteiger partial charge in [0.05, 0.1) is 24.6 Å². The van der Waals surface area contributed by atoms with Gasteiger partial charge in [-0.15, -0.1) is 0 Å². The minimum atomic E-state index is -3.68. The van der Waals surface area contributed by atoms with Gasteiger partial charge in [0.15, 0.2) is 0 Å². The molecule has 0 radical (unpaired) electrons. The highest BCUT2D eigenvalue weighted by molar-refractivity contribution is 7.94. The number of benzene rings is 2. The molecule has 0 bridgehead atoms. The number of rotatable bonds is 7. The number of hydrogen-bond donors (Lipinski definition) is 1. The zero-order valence-corrected chi connectivity index (χ0v) is 20.4. The number of amides is 2. The zero-order chi connectivity index (χ0) is 24.3. The van der Waals surface area contributed by atoms with Gasteiger partial charge in [-0.25, -0.2) is 12.7 Å². The third-order valence-corrected chi connectivity index (χ3v) is 8.33. The minimum absolute atomic E-state index is 0.00563. The number of hydrogen-bond acceptors (Lipinski definition) is 6. The highest BCUT2D eigenvalue weighted by atomic mass is 32.2. The molecule has 8 nitrogen and oxygen atoms in total. The van der Waals surface area contributed by atoms with Crippen LogP contribution in [0.4, 0.5) is 5.69 Å². The molecule has 2 saturated heterocycles. The fraction of sp³-hybridized carbons (Fsp3) is 0.440. The molecule has 0 aliphatic carbocycles. The molecule has 2 amide bonds. The van der Waals surface area contributed by atoms with Crippen molar-refractivity contribution in [3.8, 4) is 5.75 Å². The average molecular weight is 486 g/mol. The third-order valence-electron chi connectivity index (χ3n) is 6.64. The maximum absolute atomic E-state index is 13.0. The first-order valence-corrected chi connectivity index (χ1v) is 13.2. The molecule has 2 aromatic rings. The lowest BCUT2D eigenvalue weighted by atomic mass is 9.95. The van der Waals surface area contributed by atoms with E-state index in [1.165, 1.54) is 12.1 Å². The monoisotopic (exact) mass is 485 g/mol. The van der Waals surface area contributed by atoms with E-state index in [4.69, 9.17) is 4.74 Å². The molecule has 0 saturated carbocycles. The topological polar surface area (TPSA) is 96.0 Å². The van der Waals surface area contributed by atoms with Crippen LogP contribution < -0.4 is 14.4 Å². The second-order valence-corrected chi connectivity index (χ2v) is 10.9. The summed E-state index contributed by atoms with van der Waals surface area (Å²) in [7, 11) is -2.05. The molecule has 0 spiro atoms. The summed E-state index contributed by atoms with van der Waals surface area (Å²) in [6, 6.07) is 14.1. The smallest absolute Gasteiger partial charge is 0.251 e. The first kappa shape index (κ1) is 24.2. The number of likely N-dealkylation sites (tertiary alicyclic amines) is 1. The molecule has 2 aliphatic rings. The molecule has 1 atom stereocenters. The Morgan fingerprint density at radius 3 is 2.47 bits per heavy atom. The molecule has 34 heavy (non-hydrogen) atoms. The number of nitrogens with zero attached hydrogens (tertiary/aromatic N) is 2. The molecule has 0 aromatic heterocycles. The van der Waals surface area contributed by atoms with Gasteiger partial charge in [-0.3, -0.25) is 14.5 Å². The first-order valence-electron chi connectivity index (χ1n) is 11.6. The largest absolute Gasteiger partial charge is 0.497 e. The highest BCUT2D eigenvalue weighted by Gasteiger charge is 2.36. The van der Waals surface area contributed by atoms with E-state index in [0.717, 1.165) is 41.5 Å². The molecule has 2 heterocycles. The zero-order valence-electron chi connectivity index (χ0n) is 19.6. The Morgan fingerprint density at radius 1 is 1.15 bits per heavy atom. The summed E-state index contributed by atoms with van der Waals surface area (Å²) in [5.74, 6) is 0.475. The van der Waals surface area contributed by atoms with Gasteiger partial charge in [0.2, 0.25) is 15.9 Å². The van der Waals surface area contributed by atoms with Gasteiger partial charge in [-0.1, -0.05) is 25.1 Å². The second-order valence-electron chi connectivity index (χ2n) is 8.99. The Kier molecular flexibility index (Phi) is 7.23. The fourth-order valence-corrected chi connectivity index (χ4v) is 6.01. The molecule has 2 fully saturated rings. The quantitative estimate of drug-likeness (QED) is 0.648. The fourth-order valence-electron chi connectivity index (χ4n) is 4.56. The number of sulfonamides is 1. The van der Waals surface area contributed by atoms with E-state index in [1.807, 2.05) is 24.3 Å². The molecule has 2 aromatic carbocycles. The van der Waals surface area contributed by atoms with Crippen LogP contribution in [0.1, 0.15) is 48.1 Å². The molecule has 0 unspecified atom stereocenters. The summed E-state index contributed by atoms with van der Waals surface area (Å²) in [6.45, 7) is 4.58. The van der Waals surface area contributed by atoms with Crippen molar-refractivity contribution in [1.82, 2.24) is 10.2 Å². The van der Waals surface area contributed by atoms with Crippen LogP contribution in [0.3, 0.4) is 0 Å². The van der Waals surface area contributed by atoms with Gasteiger partial charge in [-0.05, 0) is 67.7 Å². The standard InChI is InChI=1S/C25H31N3O5S/c1-18-10-13-27(14-11-18)23(19-6-8-22(33-2)9-7-19)17-26-25(30)20-4-3-5-21(16-20)28-24(29)12-15-34(28,31)32/h3-9,16,18,23H,10-15,17H2,1-2H3,(H,26,30)/t23-/m0/s1. The SMILES string of the molecule is COc1ccc([C@H](CNC(=O)c2cccc(N3C(=O)CCS3(=O)=O)c2)N2CCC(C)CC2)cc1. The van der Waals surface area contributed by atoms with Crippen LogP contribution in [0, 0.1) is 5.92 Å². The highest BCUT2D eigenvalue weighted by Crippen LogP contribution is 2.29. The van der Waals surface area contributed by atoms with E-state index in [-0.39, 0.29) is 29.8 Å². The summed E-state index contributed by atoms with van der Waals surface area (Å²) < 4.78 is 30.6. The number of ether oxygens (including phenoxy) is 1. The van der Waals surface area contributed by atoms with E-state index in [2.05, 4.69) is 17.1 Å². The van der Waals surface area contributed by atoms with Crippen molar-refractivity contribution in [2.45, 2.75) is 32.2 Å². The lowest BCUT2D eigenvalue weighted by molar-refractivity contribution is -0.116.